The van der Waals surface area contributed by atoms with E-state index in [9.17, 15) is 5.11 Å². The molecule has 1 atom stereocenters. The smallest absolute Gasteiger partial charge is 0.189 e. The highest BCUT2D eigenvalue weighted by Gasteiger charge is 2.33. The fourth-order valence-corrected chi connectivity index (χ4v) is 4.92. The first kappa shape index (κ1) is 17.6. The number of hydrogen-bond donors (Lipinski definition) is 1. The van der Waals surface area contributed by atoms with Crippen LogP contribution in [0.5, 0.6) is 23.0 Å². The van der Waals surface area contributed by atoms with E-state index in [1.807, 2.05) is 6.07 Å². The summed E-state index contributed by atoms with van der Waals surface area (Å²) in [5.41, 5.74) is 6.11. The molecular formula is C22H25NO5. The lowest BCUT2D eigenvalue weighted by atomic mass is 9.89. The second-order valence-corrected chi connectivity index (χ2v) is 7.63. The van der Waals surface area contributed by atoms with Crippen LogP contribution in [0.3, 0.4) is 0 Å². The van der Waals surface area contributed by atoms with Crippen LogP contribution in [0, 0.1) is 0 Å². The lowest BCUT2D eigenvalue weighted by Gasteiger charge is -2.36. The Bertz CT molecular complexity index is 926. The van der Waals surface area contributed by atoms with Crippen molar-refractivity contribution in [2.45, 2.75) is 38.5 Å². The Kier molecular flexibility index (Phi) is 4.33. The Balaban J connectivity index is 1.55. The lowest BCUT2D eigenvalue weighted by Crippen LogP contribution is -2.34. The summed E-state index contributed by atoms with van der Waals surface area (Å²) in [6, 6.07) is 6.46. The van der Waals surface area contributed by atoms with Crippen molar-refractivity contribution in [1.29, 1.82) is 0 Å². The highest BCUT2D eigenvalue weighted by atomic mass is 16.7. The number of hydrogen-bond acceptors (Lipinski definition) is 6. The van der Waals surface area contributed by atoms with Crippen molar-refractivity contribution in [3.8, 4) is 23.0 Å². The Hall–Kier alpha value is -2.44. The molecule has 1 N–H and O–H groups in total. The summed E-state index contributed by atoms with van der Waals surface area (Å²) < 4.78 is 22.1. The summed E-state index contributed by atoms with van der Waals surface area (Å²) in [6.45, 7) is 2.49. The topological polar surface area (TPSA) is 60.4 Å². The van der Waals surface area contributed by atoms with Gasteiger partial charge in [0, 0.05) is 24.7 Å². The predicted octanol–water partition coefficient (Wildman–Crippen LogP) is 3.32. The SMILES string of the molecule is COc1cc2c(cc1OC)C1CCc3c(cc(O)c4c3COCO4)CN1CC2. The van der Waals surface area contributed by atoms with Crippen molar-refractivity contribution < 1.29 is 24.1 Å². The number of aromatic hydroxyl groups is 1. The number of fused-ring (bicyclic) bond motifs is 6. The van der Waals surface area contributed by atoms with Gasteiger partial charge in [-0.3, -0.25) is 4.90 Å². The van der Waals surface area contributed by atoms with Crippen molar-refractivity contribution in [2.24, 2.45) is 0 Å². The minimum absolute atomic E-state index is 0.198. The molecule has 2 aromatic carbocycles. The van der Waals surface area contributed by atoms with Gasteiger partial charge in [-0.15, -0.1) is 0 Å². The molecule has 3 aliphatic heterocycles. The van der Waals surface area contributed by atoms with E-state index in [1.165, 1.54) is 22.3 Å². The van der Waals surface area contributed by atoms with E-state index in [4.69, 9.17) is 18.9 Å². The van der Waals surface area contributed by atoms with Crippen molar-refractivity contribution in [3.05, 3.63) is 46.0 Å². The molecule has 6 nitrogen and oxygen atoms in total. The molecule has 1 unspecified atom stereocenters. The first-order chi connectivity index (χ1) is 13.7. The molecule has 3 heterocycles. The van der Waals surface area contributed by atoms with Gasteiger partial charge >= 0.3 is 0 Å². The monoisotopic (exact) mass is 383 g/mol. The third kappa shape index (κ3) is 2.71. The first-order valence-corrected chi connectivity index (χ1v) is 9.75. The summed E-state index contributed by atoms with van der Waals surface area (Å²) in [5, 5.41) is 10.5. The van der Waals surface area contributed by atoms with Gasteiger partial charge in [0.25, 0.3) is 0 Å². The Morgan fingerprint density at radius 1 is 1.04 bits per heavy atom. The van der Waals surface area contributed by atoms with Crippen LogP contribution in [-0.2, 0) is 30.7 Å². The number of ether oxygens (including phenoxy) is 4. The molecule has 0 radical (unpaired) electrons. The van der Waals surface area contributed by atoms with Crippen LogP contribution < -0.4 is 14.2 Å². The van der Waals surface area contributed by atoms with Crippen LogP contribution in [0.4, 0.5) is 0 Å². The van der Waals surface area contributed by atoms with Crippen LogP contribution in [0.15, 0.2) is 18.2 Å². The summed E-state index contributed by atoms with van der Waals surface area (Å²) in [4.78, 5) is 2.51. The van der Waals surface area contributed by atoms with Gasteiger partial charge in [-0.25, -0.2) is 0 Å². The van der Waals surface area contributed by atoms with Gasteiger partial charge in [0.05, 0.1) is 20.8 Å². The number of benzene rings is 2. The zero-order valence-electron chi connectivity index (χ0n) is 16.3. The molecule has 2 aromatic rings. The van der Waals surface area contributed by atoms with Crippen LogP contribution in [0.25, 0.3) is 0 Å². The molecule has 0 aliphatic carbocycles. The molecule has 6 heteroatoms. The zero-order valence-corrected chi connectivity index (χ0v) is 16.3. The van der Waals surface area contributed by atoms with E-state index in [0.717, 1.165) is 49.4 Å². The van der Waals surface area contributed by atoms with E-state index in [2.05, 4.69) is 17.0 Å². The first-order valence-electron chi connectivity index (χ1n) is 9.75. The van der Waals surface area contributed by atoms with E-state index in [1.54, 1.807) is 14.2 Å². The fraction of sp³-hybridized carbons (Fsp3) is 0.455. The second-order valence-electron chi connectivity index (χ2n) is 7.63. The summed E-state index contributed by atoms with van der Waals surface area (Å²) in [5.74, 6) is 2.39. The molecule has 0 fully saturated rings. The maximum absolute atomic E-state index is 10.5. The van der Waals surface area contributed by atoms with Gasteiger partial charge in [0.15, 0.2) is 29.8 Å². The summed E-state index contributed by atoms with van der Waals surface area (Å²) >= 11 is 0. The number of nitrogens with zero attached hydrogens (tertiary/aromatic N) is 1. The predicted molar refractivity (Wildman–Crippen MR) is 103 cm³/mol. The van der Waals surface area contributed by atoms with Crippen LogP contribution in [0.2, 0.25) is 0 Å². The molecule has 5 rings (SSSR count). The molecular weight excluding hydrogens is 358 g/mol. The third-order valence-corrected chi connectivity index (χ3v) is 6.26. The van der Waals surface area contributed by atoms with E-state index in [-0.39, 0.29) is 12.5 Å². The van der Waals surface area contributed by atoms with Crippen LogP contribution in [-0.4, -0.2) is 37.6 Å². The molecule has 148 valence electrons. The number of methoxy groups -OCH3 is 2. The minimum atomic E-state index is 0.198. The van der Waals surface area contributed by atoms with E-state index >= 15 is 0 Å². The second kappa shape index (κ2) is 6.87. The van der Waals surface area contributed by atoms with Gasteiger partial charge in [-0.2, -0.15) is 0 Å². The van der Waals surface area contributed by atoms with Gasteiger partial charge in [-0.1, -0.05) is 0 Å². The molecule has 0 spiro atoms. The maximum atomic E-state index is 10.5. The van der Waals surface area contributed by atoms with Crippen molar-refractivity contribution in [3.63, 3.8) is 0 Å². The average molecular weight is 383 g/mol. The molecule has 28 heavy (non-hydrogen) atoms. The van der Waals surface area contributed by atoms with E-state index in [0.29, 0.717) is 18.4 Å². The molecule has 0 aromatic heterocycles. The summed E-state index contributed by atoms with van der Waals surface area (Å²) in [7, 11) is 3.37. The highest BCUT2D eigenvalue weighted by molar-refractivity contribution is 5.55. The molecule has 0 saturated carbocycles. The van der Waals surface area contributed by atoms with Crippen LogP contribution >= 0.6 is 0 Å². The number of phenolic OH excluding ortho intramolecular Hbond substituents is 1. The normalized spacial score (nSPS) is 20.7. The van der Waals surface area contributed by atoms with E-state index < -0.39 is 0 Å². The number of rotatable bonds is 2. The fourth-order valence-electron chi connectivity index (χ4n) is 4.92. The molecule has 0 saturated heterocycles. The highest BCUT2D eigenvalue weighted by Crippen LogP contribution is 2.45. The quantitative estimate of drug-likeness (QED) is 0.859. The van der Waals surface area contributed by atoms with Crippen LogP contribution in [0.1, 0.15) is 40.3 Å². The Morgan fingerprint density at radius 3 is 2.68 bits per heavy atom. The largest absolute Gasteiger partial charge is 0.504 e. The van der Waals surface area contributed by atoms with Gasteiger partial charge < -0.3 is 24.1 Å². The molecule has 0 bridgehead atoms. The Labute approximate surface area is 164 Å². The van der Waals surface area contributed by atoms with Crippen molar-refractivity contribution in [1.82, 2.24) is 4.90 Å². The standard InChI is InChI=1S/C22H25NO5/c1-25-20-8-13-5-6-23-10-14-7-19(24)22-17(11-27-12-28-22)15(14)3-4-18(23)16(13)9-21(20)26-2/h7-9,18,24H,3-6,10-12H2,1-2H3. The summed E-state index contributed by atoms with van der Waals surface area (Å²) in [6.07, 6.45) is 2.91. The average Bonchev–Trinajstić information content (AvgIpc) is 2.92. The molecule has 3 aliphatic rings. The van der Waals surface area contributed by atoms with Crippen molar-refractivity contribution in [2.75, 3.05) is 27.6 Å². The minimum Gasteiger partial charge on any atom is -0.504 e. The number of phenols is 1. The van der Waals surface area contributed by atoms with Gasteiger partial charge in [0.1, 0.15) is 0 Å². The lowest BCUT2D eigenvalue weighted by molar-refractivity contribution is -0.0185. The maximum Gasteiger partial charge on any atom is 0.189 e. The van der Waals surface area contributed by atoms with Gasteiger partial charge in [-0.05, 0) is 59.7 Å². The third-order valence-electron chi connectivity index (χ3n) is 6.26. The zero-order chi connectivity index (χ0) is 19.3. The van der Waals surface area contributed by atoms with Crippen molar-refractivity contribution >= 4 is 0 Å². The molecule has 0 amide bonds. The Morgan fingerprint density at radius 2 is 1.86 bits per heavy atom. The van der Waals surface area contributed by atoms with Gasteiger partial charge in [0.2, 0.25) is 0 Å².